The molecule has 0 saturated heterocycles. The van der Waals surface area contributed by atoms with E-state index in [-0.39, 0.29) is 34.1 Å². The summed E-state index contributed by atoms with van der Waals surface area (Å²) >= 11 is 0. The van der Waals surface area contributed by atoms with Crippen molar-refractivity contribution in [2.75, 3.05) is 6.61 Å². The molecule has 0 aromatic carbocycles. The lowest BCUT2D eigenvalue weighted by molar-refractivity contribution is -0.241. The number of aliphatic hydroxyl groups is 2. The van der Waals surface area contributed by atoms with Crippen molar-refractivity contribution >= 4 is 5.78 Å². The molecule has 2 N–H and O–H groups in total. The van der Waals surface area contributed by atoms with Gasteiger partial charge in [-0.25, -0.2) is 0 Å². The summed E-state index contributed by atoms with van der Waals surface area (Å²) in [5.74, 6) is 2.77. The van der Waals surface area contributed by atoms with Crippen molar-refractivity contribution in [1.29, 1.82) is 0 Å². The molecule has 5 fully saturated rings. The second-order valence-corrected chi connectivity index (χ2v) is 14.7. The molecule has 186 valence electrons. The average molecular weight is 457 g/mol. The Balaban J connectivity index is 1.55. The highest BCUT2D eigenvalue weighted by Crippen LogP contribution is 2.77. The Morgan fingerprint density at radius 3 is 2.27 bits per heavy atom. The van der Waals surface area contributed by atoms with Crippen LogP contribution in [0.1, 0.15) is 99.3 Å². The first kappa shape index (κ1) is 24.0. The lowest BCUT2D eigenvalue weighted by Gasteiger charge is -2.72. The normalized spacial score (nSPS) is 55.2. The van der Waals surface area contributed by atoms with Crippen LogP contribution in [0.2, 0.25) is 0 Å². The Kier molecular flexibility index (Phi) is 5.24. The van der Waals surface area contributed by atoms with Gasteiger partial charge in [0.05, 0.1) is 6.61 Å². The molecule has 0 radical (unpaired) electrons. The van der Waals surface area contributed by atoms with Gasteiger partial charge < -0.3 is 10.2 Å². The van der Waals surface area contributed by atoms with Gasteiger partial charge in [-0.3, -0.25) is 4.79 Å². The minimum atomic E-state index is -0.814. The van der Waals surface area contributed by atoms with Gasteiger partial charge in [0.15, 0.2) is 5.78 Å². The quantitative estimate of drug-likeness (QED) is 0.488. The molecule has 0 aliphatic heterocycles. The molecule has 10 atom stereocenters. The third-order valence-electron chi connectivity index (χ3n) is 13.3. The zero-order valence-corrected chi connectivity index (χ0v) is 22.0. The number of aliphatic hydroxyl groups excluding tert-OH is 2. The fraction of sp³-hybridized carbons (Fsp3) is 0.900. The molecule has 0 heterocycles. The first-order valence-electron chi connectivity index (χ1n) is 13.8. The maximum absolute atomic E-state index is 13.1. The molecule has 3 heteroatoms. The third-order valence-corrected chi connectivity index (χ3v) is 13.3. The van der Waals surface area contributed by atoms with E-state index >= 15 is 0 Å². The minimum Gasteiger partial charge on any atom is -0.392 e. The van der Waals surface area contributed by atoms with E-state index < -0.39 is 6.10 Å². The first-order chi connectivity index (χ1) is 15.3. The number of ketones is 1. The summed E-state index contributed by atoms with van der Waals surface area (Å²) in [6.45, 7) is 18.9. The van der Waals surface area contributed by atoms with E-state index in [0.29, 0.717) is 41.4 Å². The number of rotatable bonds is 2. The molecule has 3 nitrogen and oxygen atoms in total. The van der Waals surface area contributed by atoms with E-state index in [2.05, 4.69) is 48.1 Å². The number of hydrogen-bond acceptors (Lipinski definition) is 3. The molecule has 5 aliphatic rings. The summed E-state index contributed by atoms with van der Waals surface area (Å²) < 4.78 is 0. The lowest BCUT2D eigenvalue weighted by Crippen LogP contribution is -2.67. The van der Waals surface area contributed by atoms with E-state index in [9.17, 15) is 15.0 Å². The van der Waals surface area contributed by atoms with Crippen LogP contribution >= 0.6 is 0 Å². The molecule has 0 aromatic heterocycles. The maximum Gasteiger partial charge on any atom is 0.162 e. The summed E-state index contributed by atoms with van der Waals surface area (Å²) in [6.07, 6.45) is 9.55. The van der Waals surface area contributed by atoms with Crippen LogP contribution < -0.4 is 0 Å². The number of fused-ring (bicyclic) bond motifs is 7. The number of hydrogen-bond donors (Lipinski definition) is 2. The highest BCUT2D eigenvalue weighted by atomic mass is 16.3. The van der Waals surface area contributed by atoms with E-state index in [1.54, 1.807) is 0 Å². The fourth-order valence-corrected chi connectivity index (χ4v) is 11.4. The van der Waals surface area contributed by atoms with Crippen LogP contribution in [0.25, 0.3) is 0 Å². The number of carbonyl (C=O) groups excluding carboxylic acids is 1. The van der Waals surface area contributed by atoms with Crippen molar-refractivity contribution in [3.63, 3.8) is 0 Å². The molecular weight excluding hydrogens is 408 g/mol. The topological polar surface area (TPSA) is 57.5 Å². The van der Waals surface area contributed by atoms with E-state index in [4.69, 9.17) is 0 Å². The van der Waals surface area contributed by atoms with Crippen LogP contribution in [0.5, 0.6) is 0 Å². The second-order valence-electron chi connectivity index (χ2n) is 14.7. The predicted octanol–water partition coefficient (Wildman–Crippen LogP) is 6.18. The van der Waals surface area contributed by atoms with Gasteiger partial charge in [-0.2, -0.15) is 0 Å². The summed E-state index contributed by atoms with van der Waals surface area (Å²) in [5, 5.41) is 20.8. The largest absolute Gasteiger partial charge is 0.392 e. The maximum atomic E-state index is 13.1. The van der Waals surface area contributed by atoms with Crippen LogP contribution in [-0.2, 0) is 4.79 Å². The Morgan fingerprint density at radius 2 is 1.61 bits per heavy atom. The number of carbonyl (C=O) groups is 1. The van der Waals surface area contributed by atoms with Crippen LogP contribution in [0, 0.1) is 56.7 Å². The monoisotopic (exact) mass is 456 g/mol. The Hall–Kier alpha value is -0.670. The van der Waals surface area contributed by atoms with Crippen LogP contribution in [0.4, 0.5) is 0 Å². The molecule has 0 bridgehead atoms. The first-order valence-corrected chi connectivity index (χ1v) is 13.8. The fourth-order valence-electron chi connectivity index (χ4n) is 11.4. The van der Waals surface area contributed by atoms with Crippen molar-refractivity contribution < 1.29 is 15.0 Å². The van der Waals surface area contributed by atoms with Gasteiger partial charge in [-0.05, 0) is 108 Å². The summed E-state index contributed by atoms with van der Waals surface area (Å²) in [7, 11) is 0. The molecule has 0 amide bonds. The van der Waals surface area contributed by atoms with E-state index in [1.165, 1.54) is 44.9 Å². The van der Waals surface area contributed by atoms with Gasteiger partial charge in [-0.1, -0.05) is 48.1 Å². The van der Waals surface area contributed by atoms with Gasteiger partial charge in [0.1, 0.15) is 6.10 Å². The number of Topliss-reactive ketones (excluding diaryl/α,β-unsaturated/α-hetero) is 1. The van der Waals surface area contributed by atoms with Crippen LogP contribution in [0.15, 0.2) is 12.2 Å². The highest BCUT2D eigenvalue weighted by molar-refractivity contribution is 5.85. The molecular formula is C30H48O3. The van der Waals surface area contributed by atoms with Gasteiger partial charge in [0.25, 0.3) is 0 Å². The standard InChI is InChI=1S/C30H48O3/c1-18(17-31)19-10-12-27(4)14-15-29(6)20(24(19)27)8-9-23-28(5)16-21(32)25(33)26(2,3)22(28)11-13-30(23,29)7/h19-20,22-25,31,33H,1,8-17H2,2-7H3/t19-,20?,22-,23+,24+,25-,27+,28-,29+,30?/m0/s1. The molecule has 33 heavy (non-hydrogen) atoms. The van der Waals surface area contributed by atoms with Gasteiger partial charge >= 0.3 is 0 Å². The summed E-state index contributed by atoms with van der Waals surface area (Å²) in [6, 6.07) is 0. The Morgan fingerprint density at radius 1 is 0.909 bits per heavy atom. The molecule has 0 spiro atoms. The van der Waals surface area contributed by atoms with Gasteiger partial charge in [0, 0.05) is 11.8 Å². The highest BCUT2D eigenvalue weighted by Gasteiger charge is 2.71. The lowest BCUT2D eigenvalue weighted by atomic mass is 9.32. The van der Waals surface area contributed by atoms with Crippen molar-refractivity contribution in [3.8, 4) is 0 Å². The zero-order valence-electron chi connectivity index (χ0n) is 22.0. The summed E-state index contributed by atoms with van der Waals surface area (Å²) in [5.41, 5.74) is 1.55. The van der Waals surface area contributed by atoms with Crippen molar-refractivity contribution in [1.82, 2.24) is 0 Å². The third kappa shape index (κ3) is 2.85. The van der Waals surface area contributed by atoms with E-state index in [1.807, 2.05) is 0 Å². The predicted molar refractivity (Wildman–Crippen MR) is 132 cm³/mol. The second kappa shape index (κ2) is 7.19. The Labute approximate surface area is 201 Å². The minimum absolute atomic E-state index is 0.0225. The average Bonchev–Trinajstić information content (AvgIpc) is 3.10. The zero-order chi connectivity index (χ0) is 24.2. The SMILES string of the molecule is C=C(CO)[C@@H]1CC[C@]2(C)CC[C@]3(C)C(CC[C@H]4C3(C)CC[C@H]3C(C)(C)[C@@H](O)C(=O)C[C@@]34C)[C@@H]12. The smallest absolute Gasteiger partial charge is 0.162 e. The molecule has 2 unspecified atom stereocenters. The van der Waals surface area contributed by atoms with Gasteiger partial charge in [-0.15, -0.1) is 0 Å². The van der Waals surface area contributed by atoms with Gasteiger partial charge in [0.2, 0.25) is 0 Å². The molecule has 5 aliphatic carbocycles. The molecule has 0 aromatic rings. The molecule has 5 saturated carbocycles. The van der Waals surface area contributed by atoms with Crippen molar-refractivity contribution in [2.45, 2.75) is 105 Å². The van der Waals surface area contributed by atoms with E-state index in [0.717, 1.165) is 12.0 Å². The Bertz CT molecular complexity index is 861. The molecule has 5 rings (SSSR count). The van der Waals surface area contributed by atoms with Crippen molar-refractivity contribution in [3.05, 3.63) is 12.2 Å². The summed E-state index contributed by atoms with van der Waals surface area (Å²) in [4.78, 5) is 13.1. The van der Waals surface area contributed by atoms with Crippen molar-refractivity contribution in [2.24, 2.45) is 56.7 Å². The van der Waals surface area contributed by atoms with Crippen LogP contribution in [-0.4, -0.2) is 28.7 Å². The van der Waals surface area contributed by atoms with Crippen LogP contribution in [0.3, 0.4) is 0 Å².